The topological polar surface area (TPSA) is 160 Å². The van der Waals surface area contributed by atoms with Gasteiger partial charge in [-0.2, -0.15) is 4.98 Å². The van der Waals surface area contributed by atoms with Gasteiger partial charge < -0.3 is 25.8 Å². The minimum Gasteiger partial charge on any atom is -0.394 e. The van der Waals surface area contributed by atoms with Crippen LogP contribution in [0, 0.1) is 0 Å². The van der Waals surface area contributed by atoms with E-state index >= 15 is 0 Å². The molecule has 0 aromatic carbocycles. The third-order valence-corrected chi connectivity index (χ3v) is 2.98. The Bertz CT molecular complexity index is 667. The molecule has 3 atom stereocenters. The highest BCUT2D eigenvalue weighted by atomic mass is 16.5. The van der Waals surface area contributed by atoms with Crippen molar-refractivity contribution >= 4 is 17.1 Å². The molecule has 116 valence electrons. The minimum absolute atomic E-state index is 0.0584. The van der Waals surface area contributed by atoms with Gasteiger partial charge in [0.05, 0.1) is 19.0 Å². The van der Waals surface area contributed by atoms with E-state index in [0.29, 0.717) is 0 Å². The van der Waals surface area contributed by atoms with Crippen molar-refractivity contribution in [2.45, 2.75) is 32.0 Å². The fourth-order valence-electron chi connectivity index (χ4n) is 1.81. The second-order valence-electron chi connectivity index (χ2n) is 4.59. The number of aliphatic hydroxyl groups is 3. The Labute approximate surface area is 118 Å². The van der Waals surface area contributed by atoms with Crippen molar-refractivity contribution in [3.63, 3.8) is 0 Å². The van der Waals surface area contributed by atoms with E-state index in [1.165, 1.54) is 17.8 Å². The summed E-state index contributed by atoms with van der Waals surface area (Å²) in [5.41, 5.74) is 5.31. The van der Waals surface area contributed by atoms with Crippen LogP contribution in [0.1, 0.15) is 6.92 Å². The molecule has 2 aromatic rings. The molecule has 2 unspecified atom stereocenters. The first-order valence-corrected chi connectivity index (χ1v) is 6.23. The summed E-state index contributed by atoms with van der Waals surface area (Å²) in [5.74, 6) is -0.0584. The molecule has 0 aliphatic carbocycles. The molecule has 0 radical (unpaired) electrons. The molecule has 10 heteroatoms. The Morgan fingerprint density at radius 2 is 2.24 bits per heavy atom. The lowest BCUT2D eigenvalue weighted by atomic mass is 10.1. The Kier molecular flexibility index (Phi) is 4.53. The van der Waals surface area contributed by atoms with Crippen LogP contribution < -0.4 is 11.3 Å². The maximum atomic E-state index is 11.6. The predicted octanol–water partition coefficient (Wildman–Crippen LogP) is -2.22. The van der Waals surface area contributed by atoms with Crippen molar-refractivity contribution in [2.75, 3.05) is 12.3 Å². The summed E-state index contributed by atoms with van der Waals surface area (Å²) in [5, 5.41) is 28.1. The lowest BCUT2D eigenvalue weighted by Crippen LogP contribution is -2.40. The van der Waals surface area contributed by atoms with Crippen LogP contribution in [0.5, 0.6) is 0 Å². The third kappa shape index (κ3) is 3.19. The first-order valence-electron chi connectivity index (χ1n) is 6.23. The Morgan fingerprint density at radius 1 is 1.52 bits per heavy atom. The number of nitrogen functional groups attached to an aromatic ring is 1. The number of anilines is 1. The molecule has 2 aromatic heterocycles. The summed E-state index contributed by atoms with van der Waals surface area (Å²) in [7, 11) is 0. The first kappa shape index (κ1) is 15.4. The van der Waals surface area contributed by atoms with Crippen molar-refractivity contribution in [3.8, 4) is 0 Å². The van der Waals surface area contributed by atoms with Gasteiger partial charge in [-0.05, 0) is 6.92 Å². The summed E-state index contributed by atoms with van der Waals surface area (Å²) in [6.45, 7) is 0.779. The van der Waals surface area contributed by atoms with Crippen molar-refractivity contribution in [1.82, 2.24) is 19.5 Å². The fraction of sp³-hybridized carbons (Fsp3) is 0.545. The highest BCUT2D eigenvalue weighted by Crippen LogP contribution is 2.09. The first-order chi connectivity index (χ1) is 9.93. The van der Waals surface area contributed by atoms with E-state index in [-0.39, 0.29) is 23.8 Å². The molecule has 0 aliphatic rings. The summed E-state index contributed by atoms with van der Waals surface area (Å²) in [6, 6.07) is 0. The summed E-state index contributed by atoms with van der Waals surface area (Å²) >= 11 is 0. The van der Waals surface area contributed by atoms with Crippen LogP contribution in [-0.4, -0.2) is 59.8 Å². The largest absolute Gasteiger partial charge is 0.394 e. The molecule has 0 aliphatic heterocycles. The van der Waals surface area contributed by atoms with E-state index in [2.05, 4.69) is 15.0 Å². The van der Waals surface area contributed by atoms with Gasteiger partial charge in [0.2, 0.25) is 5.95 Å². The van der Waals surface area contributed by atoms with E-state index in [1.807, 2.05) is 0 Å². The standard InChI is InChI=1S/C11H17N5O5/c1-5(18)8(19)6(2-17)21-4-16-3-13-7-9(16)14-11(12)15-10(7)20/h3,5-6,8,17-19H,2,4H2,1H3,(H3,12,14,15,20)/t5?,6-,8?/m1/s1. The molecule has 10 nitrogen and oxygen atoms in total. The van der Waals surface area contributed by atoms with E-state index in [0.717, 1.165) is 0 Å². The van der Waals surface area contributed by atoms with E-state index < -0.39 is 30.5 Å². The van der Waals surface area contributed by atoms with Gasteiger partial charge in [0.25, 0.3) is 5.56 Å². The number of fused-ring (bicyclic) bond motifs is 1. The quantitative estimate of drug-likeness (QED) is 0.401. The van der Waals surface area contributed by atoms with Gasteiger partial charge in [0.15, 0.2) is 11.2 Å². The van der Waals surface area contributed by atoms with Crippen molar-refractivity contribution in [1.29, 1.82) is 0 Å². The SMILES string of the molecule is CC(O)C(O)[C@@H](CO)OCn1cnc2c(=O)[nH]c(N)nc21. The fourth-order valence-corrected chi connectivity index (χ4v) is 1.81. The number of nitrogens with two attached hydrogens (primary N) is 1. The summed E-state index contributed by atoms with van der Waals surface area (Å²) < 4.78 is 6.72. The van der Waals surface area contributed by atoms with Gasteiger partial charge in [-0.1, -0.05) is 0 Å². The van der Waals surface area contributed by atoms with Crippen LogP contribution in [0.2, 0.25) is 0 Å². The van der Waals surface area contributed by atoms with Crippen LogP contribution in [0.25, 0.3) is 11.2 Å². The third-order valence-electron chi connectivity index (χ3n) is 2.98. The van der Waals surface area contributed by atoms with Crippen LogP contribution in [0.4, 0.5) is 5.95 Å². The van der Waals surface area contributed by atoms with Gasteiger partial charge in [0.1, 0.15) is 18.9 Å². The number of nitrogens with one attached hydrogen (secondary N) is 1. The zero-order chi connectivity index (χ0) is 15.6. The molecule has 2 heterocycles. The molecule has 0 saturated carbocycles. The lowest BCUT2D eigenvalue weighted by Gasteiger charge is -2.23. The smallest absolute Gasteiger partial charge is 0.280 e. The highest BCUT2D eigenvalue weighted by molar-refractivity contribution is 5.70. The van der Waals surface area contributed by atoms with Crippen LogP contribution in [0.15, 0.2) is 11.1 Å². The molecule has 0 spiro atoms. The average Bonchev–Trinajstić information content (AvgIpc) is 2.82. The molecule has 2 rings (SSSR count). The van der Waals surface area contributed by atoms with Crippen LogP contribution in [0.3, 0.4) is 0 Å². The summed E-state index contributed by atoms with van der Waals surface area (Å²) in [4.78, 5) is 21.8. The Morgan fingerprint density at radius 3 is 2.86 bits per heavy atom. The molecule has 0 fully saturated rings. The number of aliphatic hydroxyl groups excluding tert-OH is 3. The Balaban J connectivity index is 2.19. The zero-order valence-electron chi connectivity index (χ0n) is 11.3. The molecule has 0 saturated heterocycles. The summed E-state index contributed by atoms with van der Waals surface area (Å²) in [6.07, 6.45) is -1.96. The van der Waals surface area contributed by atoms with Crippen molar-refractivity contribution < 1.29 is 20.1 Å². The van der Waals surface area contributed by atoms with Gasteiger partial charge in [-0.15, -0.1) is 0 Å². The number of ether oxygens (including phenoxy) is 1. The molecule has 6 N–H and O–H groups in total. The van der Waals surface area contributed by atoms with E-state index in [4.69, 9.17) is 15.6 Å². The minimum atomic E-state index is -1.24. The number of nitrogens with zero attached hydrogens (tertiary/aromatic N) is 3. The predicted molar refractivity (Wildman–Crippen MR) is 72.2 cm³/mol. The number of aromatic amines is 1. The number of hydrogen-bond donors (Lipinski definition) is 5. The maximum Gasteiger partial charge on any atom is 0.280 e. The molecular formula is C11H17N5O5. The Hall–Kier alpha value is -2.01. The number of hydrogen-bond acceptors (Lipinski definition) is 8. The van der Waals surface area contributed by atoms with Gasteiger partial charge in [-0.25, -0.2) is 4.98 Å². The normalized spacial score (nSPS) is 16.0. The second-order valence-corrected chi connectivity index (χ2v) is 4.59. The van der Waals surface area contributed by atoms with Crippen molar-refractivity contribution in [3.05, 3.63) is 16.7 Å². The van der Waals surface area contributed by atoms with E-state index in [1.54, 1.807) is 0 Å². The second kappa shape index (κ2) is 6.18. The van der Waals surface area contributed by atoms with Crippen LogP contribution >= 0.6 is 0 Å². The molecule has 0 amide bonds. The van der Waals surface area contributed by atoms with Crippen LogP contribution in [-0.2, 0) is 11.5 Å². The number of rotatable bonds is 6. The van der Waals surface area contributed by atoms with Gasteiger partial charge in [0, 0.05) is 0 Å². The van der Waals surface area contributed by atoms with E-state index in [9.17, 15) is 15.0 Å². The lowest BCUT2D eigenvalue weighted by molar-refractivity contribution is -0.119. The zero-order valence-corrected chi connectivity index (χ0v) is 11.3. The number of imidazole rings is 1. The van der Waals surface area contributed by atoms with Crippen molar-refractivity contribution in [2.24, 2.45) is 0 Å². The van der Waals surface area contributed by atoms with Gasteiger partial charge in [-0.3, -0.25) is 14.3 Å². The average molecular weight is 299 g/mol. The number of aromatic nitrogens is 4. The molecule has 0 bridgehead atoms. The monoisotopic (exact) mass is 299 g/mol. The molecular weight excluding hydrogens is 282 g/mol. The van der Waals surface area contributed by atoms with Gasteiger partial charge >= 0.3 is 0 Å². The maximum absolute atomic E-state index is 11.6. The molecule has 21 heavy (non-hydrogen) atoms. The number of H-pyrrole nitrogens is 1. The highest BCUT2D eigenvalue weighted by Gasteiger charge is 2.24.